The Morgan fingerprint density at radius 2 is 1.78 bits per heavy atom. The molecule has 0 unspecified atom stereocenters. The van der Waals surface area contributed by atoms with Crippen molar-refractivity contribution >= 4 is 34.8 Å². The molecule has 0 aliphatic heterocycles. The van der Waals surface area contributed by atoms with E-state index < -0.39 is 0 Å². The molecule has 2 rings (SSSR count). The maximum atomic E-state index is 11.9. The zero-order valence-electron chi connectivity index (χ0n) is 13.2. The van der Waals surface area contributed by atoms with Crippen molar-refractivity contribution in [2.75, 3.05) is 18.4 Å². The molecule has 0 aliphatic carbocycles. The molecule has 2 aromatic rings. The Balaban J connectivity index is 1.79. The van der Waals surface area contributed by atoms with Crippen LogP contribution in [0, 0.1) is 13.8 Å². The summed E-state index contributed by atoms with van der Waals surface area (Å²) < 4.78 is 0. The van der Waals surface area contributed by atoms with E-state index in [2.05, 4.69) is 10.6 Å². The lowest BCUT2D eigenvalue weighted by Gasteiger charge is -2.12. The van der Waals surface area contributed by atoms with Gasteiger partial charge in [-0.25, -0.2) is 0 Å². The second-order valence-electron chi connectivity index (χ2n) is 5.46. The molecule has 1 amide bonds. The highest BCUT2D eigenvalue weighted by molar-refractivity contribution is 6.35. The number of anilines is 1. The van der Waals surface area contributed by atoms with Gasteiger partial charge in [0.05, 0.1) is 6.54 Å². The molecular formula is C18H20Cl2N2O. The highest BCUT2D eigenvalue weighted by atomic mass is 35.5. The van der Waals surface area contributed by atoms with Crippen molar-refractivity contribution in [3.63, 3.8) is 0 Å². The van der Waals surface area contributed by atoms with Crippen LogP contribution in [0.15, 0.2) is 36.4 Å². The minimum atomic E-state index is -0.0438. The van der Waals surface area contributed by atoms with Crippen molar-refractivity contribution in [2.24, 2.45) is 0 Å². The summed E-state index contributed by atoms with van der Waals surface area (Å²) in [5.41, 5.74) is 4.25. The van der Waals surface area contributed by atoms with Crippen LogP contribution in [0.4, 0.5) is 5.69 Å². The molecule has 2 aromatic carbocycles. The van der Waals surface area contributed by atoms with E-state index in [1.807, 2.05) is 38.1 Å². The smallest absolute Gasteiger partial charge is 0.239 e. The predicted octanol–water partition coefficient (Wildman–Crippen LogP) is 4.38. The van der Waals surface area contributed by atoms with Crippen LogP contribution >= 0.6 is 23.2 Å². The van der Waals surface area contributed by atoms with Gasteiger partial charge in [-0.1, -0.05) is 47.5 Å². The average Bonchev–Trinajstić information content (AvgIpc) is 2.49. The lowest BCUT2D eigenvalue weighted by Crippen LogP contribution is -2.31. The lowest BCUT2D eigenvalue weighted by molar-refractivity contribution is -0.119. The minimum Gasteiger partial charge on any atom is -0.376 e. The van der Waals surface area contributed by atoms with Gasteiger partial charge in [0.25, 0.3) is 0 Å². The molecule has 5 heteroatoms. The number of para-hydroxylation sites is 1. The molecule has 0 aromatic heterocycles. The molecule has 0 radical (unpaired) electrons. The molecule has 0 heterocycles. The molecule has 122 valence electrons. The van der Waals surface area contributed by atoms with Crippen LogP contribution in [0.2, 0.25) is 10.0 Å². The third kappa shape index (κ3) is 5.15. The van der Waals surface area contributed by atoms with Gasteiger partial charge in [-0.3, -0.25) is 4.79 Å². The van der Waals surface area contributed by atoms with Crippen molar-refractivity contribution < 1.29 is 4.79 Å². The number of hydrogen-bond acceptors (Lipinski definition) is 2. The van der Waals surface area contributed by atoms with Crippen LogP contribution in [0.1, 0.15) is 16.7 Å². The number of halogens is 2. The predicted molar refractivity (Wildman–Crippen MR) is 97.6 cm³/mol. The first kappa shape index (κ1) is 17.6. The van der Waals surface area contributed by atoms with Gasteiger partial charge < -0.3 is 10.6 Å². The van der Waals surface area contributed by atoms with Crippen molar-refractivity contribution in [2.45, 2.75) is 20.3 Å². The molecule has 0 spiro atoms. The van der Waals surface area contributed by atoms with Crippen LogP contribution in [0.3, 0.4) is 0 Å². The topological polar surface area (TPSA) is 41.1 Å². The van der Waals surface area contributed by atoms with Crippen molar-refractivity contribution in [3.05, 3.63) is 63.1 Å². The third-order valence-corrected chi connectivity index (χ3v) is 4.23. The van der Waals surface area contributed by atoms with E-state index >= 15 is 0 Å². The van der Waals surface area contributed by atoms with Crippen LogP contribution in [0.5, 0.6) is 0 Å². The minimum absolute atomic E-state index is 0.0438. The zero-order chi connectivity index (χ0) is 16.8. The van der Waals surface area contributed by atoms with Crippen molar-refractivity contribution in [3.8, 4) is 0 Å². The number of aryl methyl sites for hydroxylation is 2. The maximum absolute atomic E-state index is 11.9. The van der Waals surface area contributed by atoms with Crippen molar-refractivity contribution in [1.29, 1.82) is 0 Å². The van der Waals surface area contributed by atoms with Crippen LogP contribution in [-0.2, 0) is 11.2 Å². The monoisotopic (exact) mass is 350 g/mol. The zero-order valence-corrected chi connectivity index (χ0v) is 14.8. The summed E-state index contributed by atoms with van der Waals surface area (Å²) in [6, 6.07) is 11.4. The van der Waals surface area contributed by atoms with Gasteiger partial charge in [0.15, 0.2) is 0 Å². The molecule has 0 aliphatic rings. The summed E-state index contributed by atoms with van der Waals surface area (Å²) in [6.45, 7) is 4.83. The van der Waals surface area contributed by atoms with Gasteiger partial charge in [-0.15, -0.1) is 0 Å². The molecule has 0 saturated carbocycles. The average molecular weight is 351 g/mol. The fraction of sp³-hybridized carbons (Fsp3) is 0.278. The molecule has 23 heavy (non-hydrogen) atoms. The second-order valence-corrected chi connectivity index (χ2v) is 6.30. The normalized spacial score (nSPS) is 10.4. The van der Waals surface area contributed by atoms with Gasteiger partial charge >= 0.3 is 0 Å². The Morgan fingerprint density at radius 3 is 2.43 bits per heavy atom. The van der Waals surface area contributed by atoms with E-state index in [4.69, 9.17) is 23.2 Å². The van der Waals surface area contributed by atoms with Gasteiger partial charge in [0, 0.05) is 22.3 Å². The van der Waals surface area contributed by atoms with E-state index in [1.54, 1.807) is 12.1 Å². The SMILES string of the molecule is Cc1cccc(C)c1NCC(=O)NCCc1ccc(Cl)cc1Cl. The van der Waals surface area contributed by atoms with E-state index in [0.29, 0.717) is 23.0 Å². The number of carbonyl (C=O) groups is 1. The van der Waals surface area contributed by atoms with E-state index in [0.717, 1.165) is 22.4 Å². The number of amides is 1. The molecule has 3 nitrogen and oxygen atoms in total. The summed E-state index contributed by atoms with van der Waals surface area (Å²) in [4.78, 5) is 11.9. The van der Waals surface area contributed by atoms with E-state index in [-0.39, 0.29) is 12.5 Å². The van der Waals surface area contributed by atoms with Gasteiger partial charge in [-0.05, 0) is 49.1 Å². The Morgan fingerprint density at radius 1 is 1.09 bits per heavy atom. The van der Waals surface area contributed by atoms with Crippen molar-refractivity contribution in [1.82, 2.24) is 5.32 Å². The highest BCUT2D eigenvalue weighted by Crippen LogP contribution is 2.21. The number of nitrogens with one attached hydrogen (secondary N) is 2. The Kier molecular flexibility index (Phi) is 6.31. The fourth-order valence-corrected chi connectivity index (χ4v) is 2.89. The second kappa shape index (κ2) is 8.23. The van der Waals surface area contributed by atoms with Gasteiger partial charge in [-0.2, -0.15) is 0 Å². The molecule has 0 fully saturated rings. The number of carbonyl (C=O) groups excluding carboxylic acids is 1. The van der Waals surface area contributed by atoms with Crippen LogP contribution in [-0.4, -0.2) is 19.0 Å². The van der Waals surface area contributed by atoms with Crippen LogP contribution < -0.4 is 10.6 Å². The van der Waals surface area contributed by atoms with Crippen LogP contribution in [0.25, 0.3) is 0 Å². The standard InChI is InChI=1S/C18H20Cl2N2O/c1-12-4-3-5-13(2)18(12)22-11-17(23)21-9-8-14-6-7-15(19)10-16(14)20/h3-7,10,22H,8-9,11H2,1-2H3,(H,21,23). The number of rotatable bonds is 6. The van der Waals surface area contributed by atoms with E-state index in [9.17, 15) is 4.79 Å². The first-order valence-electron chi connectivity index (χ1n) is 7.48. The maximum Gasteiger partial charge on any atom is 0.239 e. The summed E-state index contributed by atoms with van der Waals surface area (Å²) >= 11 is 12.0. The quantitative estimate of drug-likeness (QED) is 0.811. The van der Waals surface area contributed by atoms with Gasteiger partial charge in [0.1, 0.15) is 0 Å². The third-order valence-electron chi connectivity index (χ3n) is 3.64. The number of hydrogen-bond donors (Lipinski definition) is 2. The molecule has 0 saturated heterocycles. The highest BCUT2D eigenvalue weighted by Gasteiger charge is 2.06. The van der Waals surface area contributed by atoms with Gasteiger partial charge in [0.2, 0.25) is 5.91 Å². The molecule has 2 N–H and O–H groups in total. The number of benzene rings is 2. The first-order chi connectivity index (χ1) is 11.0. The summed E-state index contributed by atoms with van der Waals surface area (Å²) in [6.07, 6.45) is 0.672. The summed E-state index contributed by atoms with van der Waals surface area (Å²) in [5.74, 6) is -0.0438. The largest absolute Gasteiger partial charge is 0.376 e. The first-order valence-corrected chi connectivity index (χ1v) is 8.23. The molecule has 0 atom stereocenters. The lowest BCUT2D eigenvalue weighted by atomic mass is 10.1. The summed E-state index contributed by atoms with van der Waals surface area (Å²) in [7, 11) is 0. The summed E-state index contributed by atoms with van der Waals surface area (Å²) in [5, 5.41) is 7.32. The molecule has 0 bridgehead atoms. The molecular weight excluding hydrogens is 331 g/mol. The Hall–Kier alpha value is -1.71. The van der Waals surface area contributed by atoms with E-state index in [1.165, 1.54) is 0 Å². The fourth-order valence-electron chi connectivity index (χ4n) is 2.39. The Labute approximate surface area is 147 Å². The Bertz CT molecular complexity index is 681.